The maximum absolute atomic E-state index is 12.6. The number of nitrogens with one attached hydrogen (secondary N) is 1. The van der Waals surface area contributed by atoms with E-state index in [1.807, 2.05) is 75.4 Å². The first kappa shape index (κ1) is 20.8. The molecule has 5 rings (SSSR count). The van der Waals surface area contributed by atoms with E-state index >= 15 is 0 Å². The SMILES string of the molecule is CC(C)(C)c1nc2nc(-c3ccccc3Br)c(-c3ccc(Cl)cc3)cc2c2n[nH]c(=O)n12. The zero-order chi connectivity index (χ0) is 22.6. The molecule has 8 heteroatoms. The number of hydrogen-bond acceptors (Lipinski definition) is 4. The Kier molecular flexibility index (Phi) is 4.91. The Bertz CT molecular complexity index is 1550. The minimum Gasteiger partial charge on any atom is -0.246 e. The van der Waals surface area contributed by atoms with Gasteiger partial charge in [-0.15, -0.1) is 0 Å². The molecule has 1 N–H and O–H groups in total. The van der Waals surface area contributed by atoms with Crippen LogP contribution in [0.5, 0.6) is 0 Å². The van der Waals surface area contributed by atoms with Gasteiger partial charge in [0.2, 0.25) is 0 Å². The van der Waals surface area contributed by atoms with E-state index in [0.717, 1.165) is 26.9 Å². The van der Waals surface area contributed by atoms with E-state index in [1.165, 1.54) is 4.40 Å². The maximum atomic E-state index is 12.6. The largest absolute Gasteiger partial charge is 0.349 e. The van der Waals surface area contributed by atoms with Gasteiger partial charge >= 0.3 is 5.69 Å². The van der Waals surface area contributed by atoms with E-state index < -0.39 is 0 Å². The number of nitrogens with zero attached hydrogens (tertiary/aromatic N) is 4. The van der Waals surface area contributed by atoms with E-state index in [-0.39, 0.29) is 11.1 Å². The molecular weight excluding hydrogens is 490 g/mol. The molecule has 0 spiro atoms. The molecule has 0 radical (unpaired) electrons. The Morgan fingerprint density at radius 1 is 1.00 bits per heavy atom. The highest BCUT2D eigenvalue weighted by molar-refractivity contribution is 9.10. The second kappa shape index (κ2) is 7.53. The first-order valence-corrected chi connectivity index (χ1v) is 11.2. The van der Waals surface area contributed by atoms with Crippen LogP contribution in [0.1, 0.15) is 26.6 Å². The van der Waals surface area contributed by atoms with Crippen molar-refractivity contribution >= 4 is 44.2 Å². The molecular formula is C24H19BrClN5O. The standard InChI is InChI=1S/C24H19BrClN5O/c1-24(2,3)22-28-20-17(21-29-30-23(32)31(21)22)12-16(13-8-10-14(26)11-9-13)19(27-20)15-6-4-5-7-18(15)25/h4-12H,1-3H3,(H,30,32). The molecule has 0 fully saturated rings. The molecule has 0 atom stereocenters. The van der Waals surface area contributed by atoms with Gasteiger partial charge in [0.25, 0.3) is 0 Å². The van der Waals surface area contributed by atoms with Crippen LogP contribution >= 0.6 is 27.5 Å². The lowest BCUT2D eigenvalue weighted by Gasteiger charge is -2.20. The minimum atomic E-state index is -0.385. The summed E-state index contributed by atoms with van der Waals surface area (Å²) in [4.78, 5) is 22.4. The van der Waals surface area contributed by atoms with Crippen LogP contribution in [0.3, 0.4) is 0 Å². The molecule has 0 aliphatic carbocycles. The first-order valence-electron chi connectivity index (χ1n) is 10.1. The molecule has 0 saturated heterocycles. The van der Waals surface area contributed by atoms with Gasteiger partial charge < -0.3 is 0 Å². The molecule has 2 aromatic carbocycles. The Balaban J connectivity index is 1.94. The van der Waals surface area contributed by atoms with Gasteiger partial charge in [-0.3, -0.25) is 0 Å². The van der Waals surface area contributed by atoms with Crippen LogP contribution in [-0.4, -0.2) is 24.6 Å². The van der Waals surface area contributed by atoms with E-state index in [2.05, 4.69) is 26.1 Å². The minimum absolute atomic E-state index is 0.317. The summed E-state index contributed by atoms with van der Waals surface area (Å²) in [6, 6.07) is 17.5. The molecule has 6 nitrogen and oxygen atoms in total. The fraction of sp³-hybridized carbons (Fsp3) is 0.167. The Morgan fingerprint density at radius 3 is 2.41 bits per heavy atom. The summed E-state index contributed by atoms with van der Waals surface area (Å²) in [6.45, 7) is 6.03. The van der Waals surface area contributed by atoms with Gasteiger partial charge in [0.05, 0.1) is 11.1 Å². The van der Waals surface area contributed by atoms with Crippen LogP contribution in [0.25, 0.3) is 39.1 Å². The van der Waals surface area contributed by atoms with Crippen LogP contribution in [0.4, 0.5) is 0 Å². The smallest absolute Gasteiger partial charge is 0.246 e. The van der Waals surface area contributed by atoms with Crippen LogP contribution < -0.4 is 5.69 Å². The van der Waals surface area contributed by atoms with Crippen molar-refractivity contribution in [2.75, 3.05) is 0 Å². The summed E-state index contributed by atoms with van der Waals surface area (Å²) < 4.78 is 2.46. The van der Waals surface area contributed by atoms with Gasteiger partial charge in [-0.25, -0.2) is 24.3 Å². The zero-order valence-electron chi connectivity index (χ0n) is 17.6. The van der Waals surface area contributed by atoms with E-state index in [0.29, 0.717) is 27.5 Å². The quantitative estimate of drug-likeness (QED) is 0.317. The van der Waals surface area contributed by atoms with Crippen LogP contribution in [0.2, 0.25) is 5.02 Å². The van der Waals surface area contributed by atoms with Crippen molar-refractivity contribution < 1.29 is 0 Å². The Labute approximate surface area is 197 Å². The predicted molar refractivity (Wildman–Crippen MR) is 131 cm³/mol. The summed E-state index contributed by atoms with van der Waals surface area (Å²) in [5, 5.41) is 8.22. The number of benzene rings is 2. The average molecular weight is 509 g/mol. The Morgan fingerprint density at radius 2 is 1.72 bits per heavy atom. The van der Waals surface area contributed by atoms with Gasteiger partial charge in [0, 0.05) is 26.0 Å². The van der Waals surface area contributed by atoms with Crippen molar-refractivity contribution in [3.05, 3.63) is 80.4 Å². The van der Waals surface area contributed by atoms with Crippen molar-refractivity contribution in [1.82, 2.24) is 24.6 Å². The molecule has 0 aliphatic rings. The average Bonchev–Trinajstić information content (AvgIpc) is 3.14. The lowest BCUT2D eigenvalue weighted by molar-refractivity contribution is 0.535. The third kappa shape index (κ3) is 3.42. The van der Waals surface area contributed by atoms with Crippen LogP contribution in [0.15, 0.2) is 63.9 Å². The van der Waals surface area contributed by atoms with Gasteiger partial charge in [0.1, 0.15) is 5.82 Å². The molecule has 0 saturated carbocycles. The number of aromatic amines is 1. The summed E-state index contributed by atoms with van der Waals surface area (Å²) in [5.74, 6) is 0.601. The van der Waals surface area contributed by atoms with Gasteiger partial charge in [-0.2, -0.15) is 5.10 Å². The summed E-state index contributed by atoms with van der Waals surface area (Å²) in [7, 11) is 0. The lowest BCUT2D eigenvalue weighted by Crippen LogP contribution is -2.25. The van der Waals surface area contributed by atoms with Gasteiger partial charge in [0.15, 0.2) is 11.3 Å². The third-order valence-corrected chi connectivity index (χ3v) is 6.24. The number of pyridine rings is 1. The molecule has 0 amide bonds. The molecule has 5 aromatic rings. The molecule has 32 heavy (non-hydrogen) atoms. The molecule has 160 valence electrons. The zero-order valence-corrected chi connectivity index (χ0v) is 20.0. The summed E-state index contributed by atoms with van der Waals surface area (Å²) in [5.41, 5.74) is 3.90. The molecule has 0 aliphatic heterocycles. The van der Waals surface area contributed by atoms with Crippen molar-refractivity contribution in [2.45, 2.75) is 26.2 Å². The van der Waals surface area contributed by atoms with Crippen LogP contribution in [0, 0.1) is 0 Å². The summed E-state index contributed by atoms with van der Waals surface area (Å²) >= 11 is 9.79. The van der Waals surface area contributed by atoms with E-state index in [4.69, 9.17) is 21.6 Å². The highest BCUT2D eigenvalue weighted by Gasteiger charge is 2.25. The number of fused-ring (bicyclic) bond motifs is 3. The van der Waals surface area contributed by atoms with Crippen molar-refractivity contribution in [2.24, 2.45) is 0 Å². The molecule has 0 unspecified atom stereocenters. The second-order valence-electron chi connectivity index (χ2n) is 8.62. The molecule has 3 aromatic heterocycles. The number of hydrogen-bond donors (Lipinski definition) is 1. The highest BCUT2D eigenvalue weighted by atomic mass is 79.9. The predicted octanol–water partition coefficient (Wildman–Crippen LogP) is 6.01. The van der Waals surface area contributed by atoms with E-state index in [9.17, 15) is 4.79 Å². The number of rotatable bonds is 2. The van der Waals surface area contributed by atoms with Crippen molar-refractivity contribution in [3.63, 3.8) is 0 Å². The maximum Gasteiger partial charge on any atom is 0.349 e. The second-order valence-corrected chi connectivity index (χ2v) is 9.91. The monoisotopic (exact) mass is 507 g/mol. The molecule has 0 bridgehead atoms. The number of H-pyrrole nitrogens is 1. The Hall–Kier alpha value is -3.03. The lowest BCUT2D eigenvalue weighted by atomic mass is 9.95. The molecule has 3 heterocycles. The summed E-state index contributed by atoms with van der Waals surface area (Å²) in [6.07, 6.45) is 0. The normalized spacial score (nSPS) is 12.0. The number of halogens is 2. The van der Waals surface area contributed by atoms with Crippen LogP contribution in [-0.2, 0) is 5.41 Å². The fourth-order valence-corrected chi connectivity index (χ4v) is 4.39. The number of aromatic nitrogens is 5. The highest BCUT2D eigenvalue weighted by Crippen LogP contribution is 2.38. The first-order chi connectivity index (χ1) is 15.2. The fourth-order valence-electron chi connectivity index (χ4n) is 3.79. The van der Waals surface area contributed by atoms with Gasteiger partial charge in [-0.1, -0.05) is 78.6 Å². The van der Waals surface area contributed by atoms with Gasteiger partial charge in [-0.05, 0) is 29.8 Å². The van der Waals surface area contributed by atoms with Crippen molar-refractivity contribution in [3.8, 4) is 22.4 Å². The van der Waals surface area contributed by atoms with E-state index in [1.54, 1.807) is 0 Å². The van der Waals surface area contributed by atoms with Crippen molar-refractivity contribution in [1.29, 1.82) is 0 Å². The topological polar surface area (TPSA) is 75.9 Å². The third-order valence-electron chi connectivity index (χ3n) is 5.29.